The van der Waals surface area contributed by atoms with Crippen molar-refractivity contribution in [2.45, 2.75) is 16.7 Å². The summed E-state index contributed by atoms with van der Waals surface area (Å²) in [7, 11) is 1.22. The van der Waals surface area contributed by atoms with Gasteiger partial charge in [0.25, 0.3) is 11.1 Å². The van der Waals surface area contributed by atoms with Gasteiger partial charge in [0.15, 0.2) is 0 Å². The zero-order valence-electron chi connectivity index (χ0n) is 14.8. The highest BCUT2D eigenvalue weighted by Gasteiger charge is 2.36. The maximum atomic E-state index is 12.3. The van der Waals surface area contributed by atoms with Crippen molar-refractivity contribution in [2.24, 2.45) is 0 Å². The summed E-state index contributed by atoms with van der Waals surface area (Å²) in [5.74, 6) is -1.11. The van der Waals surface area contributed by atoms with Crippen LogP contribution >= 0.6 is 23.5 Å². The molecule has 2 aromatic carbocycles. The lowest BCUT2D eigenvalue weighted by Gasteiger charge is -2.09. The van der Waals surface area contributed by atoms with E-state index in [2.05, 4.69) is 35.9 Å². The molecule has 1 heterocycles. The molecule has 1 saturated heterocycles. The molecule has 0 radical (unpaired) electrons. The zero-order valence-corrected chi connectivity index (χ0v) is 16.4. The first-order valence-corrected chi connectivity index (χ1v) is 9.76. The molecule has 2 amide bonds. The number of carbonyl (C=O) groups excluding carboxylic acids is 3. The predicted molar refractivity (Wildman–Crippen MR) is 106 cm³/mol. The Labute approximate surface area is 165 Å². The van der Waals surface area contributed by atoms with E-state index in [1.165, 1.54) is 12.7 Å². The third-order valence-electron chi connectivity index (χ3n) is 3.82. The number of rotatable bonds is 5. The number of benzene rings is 2. The summed E-state index contributed by atoms with van der Waals surface area (Å²) in [5.41, 5.74) is 2.03. The minimum absolute atomic E-state index is 0.294. The van der Waals surface area contributed by atoms with Gasteiger partial charge in [-0.25, -0.2) is 0 Å². The first-order chi connectivity index (χ1) is 13.0. The van der Waals surface area contributed by atoms with Crippen LogP contribution in [-0.4, -0.2) is 35.7 Å². The van der Waals surface area contributed by atoms with Gasteiger partial charge < -0.3 is 4.74 Å². The minimum atomic E-state index is -0.629. The first-order valence-electron chi connectivity index (χ1n) is 8.13. The molecule has 1 aliphatic rings. The standard InChI is InChI=1S/C20H17NO4S2/c1-13-3-7-15(8-4-13)26-16-9-5-14(6-10-16)11-17-19(23)21(20(24)27-17)12-18(22)25-2/h3-11H,12H2,1-2H3/b17-11+. The third kappa shape index (κ3) is 4.81. The summed E-state index contributed by atoms with van der Waals surface area (Å²) in [6.07, 6.45) is 1.66. The Bertz CT molecular complexity index is 905. The largest absolute Gasteiger partial charge is 0.468 e. The van der Waals surface area contributed by atoms with Crippen molar-refractivity contribution < 1.29 is 19.1 Å². The van der Waals surface area contributed by atoms with Crippen LogP contribution in [0, 0.1) is 6.92 Å². The maximum Gasteiger partial charge on any atom is 0.325 e. The van der Waals surface area contributed by atoms with E-state index in [4.69, 9.17) is 0 Å². The molecule has 2 aromatic rings. The minimum Gasteiger partial charge on any atom is -0.468 e. The average Bonchev–Trinajstić information content (AvgIpc) is 2.92. The molecule has 0 saturated carbocycles. The van der Waals surface area contributed by atoms with Crippen LogP contribution in [0.2, 0.25) is 0 Å². The van der Waals surface area contributed by atoms with Gasteiger partial charge in [-0.1, -0.05) is 41.6 Å². The van der Waals surface area contributed by atoms with E-state index in [9.17, 15) is 14.4 Å². The SMILES string of the molecule is COC(=O)CN1C(=O)S/C(=C/c2ccc(Sc3ccc(C)cc3)cc2)C1=O. The van der Waals surface area contributed by atoms with E-state index >= 15 is 0 Å². The highest BCUT2D eigenvalue weighted by atomic mass is 32.2. The van der Waals surface area contributed by atoms with Gasteiger partial charge in [-0.15, -0.1) is 0 Å². The van der Waals surface area contributed by atoms with Crippen LogP contribution in [0.1, 0.15) is 11.1 Å². The summed E-state index contributed by atoms with van der Waals surface area (Å²) in [5, 5.41) is -0.469. The van der Waals surface area contributed by atoms with Crippen molar-refractivity contribution in [3.8, 4) is 0 Å². The molecule has 138 valence electrons. The predicted octanol–water partition coefficient (Wildman–Crippen LogP) is 4.36. The monoisotopic (exact) mass is 399 g/mol. The lowest BCUT2D eigenvalue weighted by atomic mass is 10.2. The van der Waals surface area contributed by atoms with Crippen molar-refractivity contribution in [3.63, 3.8) is 0 Å². The van der Waals surface area contributed by atoms with Gasteiger partial charge in [-0.3, -0.25) is 19.3 Å². The van der Waals surface area contributed by atoms with Gasteiger partial charge in [0.05, 0.1) is 12.0 Å². The van der Waals surface area contributed by atoms with Gasteiger partial charge in [-0.2, -0.15) is 0 Å². The van der Waals surface area contributed by atoms with E-state index in [-0.39, 0.29) is 6.54 Å². The van der Waals surface area contributed by atoms with Gasteiger partial charge in [0.1, 0.15) is 6.54 Å². The molecule has 0 aromatic heterocycles. The second kappa shape index (κ2) is 8.45. The Hall–Kier alpha value is -2.51. The van der Waals surface area contributed by atoms with Gasteiger partial charge in [-0.05, 0) is 54.6 Å². The molecular weight excluding hydrogens is 382 g/mol. The highest BCUT2D eigenvalue weighted by Crippen LogP contribution is 2.33. The number of methoxy groups -OCH3 is 1. The highest BCUT2D eigenvalue weighted by molar-refractivity contribution is 8.18. The van der Waals surface area contributed by atoms with Gasteiger partial charge in [0, 0.05) is 9.79 Å². The van der Waals surface area contributed by atoms with Gasteiger partial charge in [0.2, 0.25) is 0 Å². The van der Waals surface area contributed by atoms with Crippen molar-refractivity contribution in [1.29, 1.82) is 0 Å². The fraction of sp³-hybridized carbons (Fsp3) is 0.150. The fourth-order valence-corrected chi connectivity index (χ4v) is 4.01. The number of ether oxygens (including phenoxy) is 1. The van der Waals surface area contributed by atoms with Crippen molar-refractivity contribution >= 4 is 46.7 Å². The number of thioether (sulfide) groups is 1. The van der Waals surface area contributed by atoms with Crippen LogP contribution in [0.3, 0.4) is 0 Å². The molecule has 0 aliphatic carbocycles. The number of aryl methyl sites for hydroxylation is 1. The Kier molecular flexibility index (Phi) is 6.03. The lowest BCUT2D eigenvalue weighted by molar-refractivity contribution is -0.143. The van der Waals surface area contributed by atoms with E-state index in [0.29, 0.717) is 4.91 Å². The molecule has 0 spiro atoms. The number of nitrogens with zero attached hydrogens (tertiary/aromatic N) is 1. The summed E-state index contributed by atoms with van der Waals surface area (Å²) in [6.45, 7) is 1.68. The fourth-order valence-electron chi connectivity index (χ4n) is 2.36. The molecule has 5 nitrogen and oxygen atoms in total. The molecule has 1 fully saturated rings. The Morgan fingerprint density at radius 3 is 2.26 bits per heavy atom. The van der Waals surface area contributed by atoms with Crippen molar-refractivity contribution in [1.82, 2.24) is 4.90 Å². The number of carbonyl (C=O) groups is 3. The number of hydrogen-bond acceptors (Lipinski definition) is 6. The number of imide groups is 1. The maximum absolute atomic E-state index is 12.3. The summed E-state index contributed by atoms with van der Waals surface area (Å²) >= 11 is 2.47. The molecule has 0 atom stereocenters. The topological polar surface area (TPSA) is 63.7 Å². The second-order valence-electron chi connectivity index (χ2n) is 5.83. The Morgan fingerprint density at radius 1 is 1.07 bits per heavy atom. The molecule has 1 aliphatic heterocycles. The first kappa shape index (κ1) is 19.3. The smallest absolute Gasteiger partial charge is 0.325 e. The summed E-state index contributed by atoms with van der Waals surface area (Å²) < 4.78 is 4.51. The van der Waals surface area contributed by atoms with Crippen LogP contribution in [0.4, 0.5) is 4.79 Å². The number of hydrogen-bond donors (Lipinski definition) is 0. The Morgan fingerprint density at radius 2 is 1.67 bits per heavy atom. The normalized spacial score (nSPS) is 15.5. The van der Waals surface area contributed by atoms with E-state index in [1.807, 2.05) is 24.3 Å². The van der Waals surface area contributed by atoms with Crippen LogP contribution in [-0.2, 0) is 14.3 Å². The van der Waals surface area contributed by atoms with E-state index < -0.39 is 17.1 Å². The van der Waals surface area contributed by atoms with Crippen molar-refractivity contribution in [3.05, 3.63) is 64.6 Å². The molecule has 0 bridgehead atoms. The Balaban J connectivity index is 1.70. The molecule has 7 heteroatoms. The second-order valence-corrected chi connectivity index (χ2v) is 7.97. The lowest BCUT2D eigenvalue weighted by Crippen LogP contribution is -2.34. The average molecular weight is 399 g/mol. The van der Waals surface area contributed by atoms with E-state index in [0.717, 1.165) is 32.0 Å². The van der Waals surface area contributed by atoms with Crippen LogP contribution in [0.25, 0.3) is 6.08 Å². The third-order valence-corrected chi connectivity index (χ3v) is 5.75. The quantitative estimate of drug-likeness (QED) is 0.550. The summed E-state index contributed by atoms with van der Waals surface area (Å²) in [6, 6.07) is 16.0. The molecular formula is C20H17NO4S2. The molecule has 3 rings (SSSR count). The van der Waals surface area contributed by atoms with Crippen molar-refractivity contribution in [2.75, 3.05) is 13.7 Å². The molecule has 0 unspecified atom stereocenters. The summed E-state index contributed by atoms with van der Waals surface area (Å²) in [4.78, 5) is 39.0. The zero-order chi connectivity index (χ0) is 19.4. The van der Waals surface area contributed by atoms with E-state index in [1.54, 1.807) is 17.8 Å². The van der Waals surface area contributed by atoms with Crippen LogP contribution in [0.5, 0.6) is 0 Å². The van der Waals surface area contributed by atoms with Crippen LogP contribution in [0.15, 0.2) is 63.2 Å². The van der Waals surface area contributed by atoms with Gasteiger partial charge >= 0.3 is 5.97 Å². The molecule has 0 N–H and O–H groups in total. The number of amides is 2. The number of esters is 1. The molecule has 27 heavy (non-hydrogen) atoms. The van der Waals surface area contributed by atoms with Crippen LogP contribution < -0.4 is 0 Å².